The molecule has 2 atom stereocenters. The Morgan fingerprint density at radius 2 is 2.27 bits per heavy atom. The molecular weight excluding hydrogens is 204 g/mol. The predicted molar refractivity (Wildman–Crippen MR) is 65.8 cm³/mol. The first-order valence-electron chi connectivity index (χ1n) is 5.56. The molecule has 1 N–H and O–H groups in total. The lowest BCUT2D eigenvalue weighted by molar-refractivity contribution is 0.424. The summed E-state index contributed by atoms with van der Waals surface area (Å²) in [5.74, 6) is 1.22. The lowest BCUT2D eigenvalue weighted by Crippen LogP contribution is -2.57. The van der Waals surface area contributed by atoms with Gasteiger partial charge in [0.1, 0.15) is 0 Å². The van der Waals surface area contributed by atoms with E-state index in [4.69, 9.17) is 0 Å². The van der Waals surface area contributed by atoms with Crippen molar-refractivity contribution < 1.29 is 0 Å². The number of fused-ring (bicyclic) bond motifs is 3. The minimum absolute atomic E-state index is 0.609. The maximum Gasteiger partial charge on any atom is 0.0509 e. The van der Waals surface area contributed by atoms with Gasteiger partial charge in [-0.2, -0.15) is 0 Å². The topological polar surface area (TPSA) is 15.3 Å². The largest absolute Gasteiger partial charge is 0.364 e. The number of anilines is 1. The van der Waals surface area contributed by atoms with Crippen molar-refractivity contribution in [2.75, 3.05) is 23.7 Å². The SMILES string of the molecule is C[C@H]1CN2c3ccccc3SCC2CN1. The lowest BCUT2D eigenvalue weighted by Gasteiger charge is -2.44. The van der Waals surface area contributed by atoms with Crippen molar-refractivity contribution in [1.82, 2.24) is 5.32 Å². The van der Waals surface area contributed by atoms with Crippen LogP contribution in [0.15, 0.2) is 29.2 Å². The van der Waals surface area contributed by atoms with Gasteiger partial charge in [-0.25, -0.2) is 0 Å². The number of benzene rings is 1. The van der Waals surface area contributed by atoms with Gasteiger partial charge < -0.3 is 10.2 Å². The first kappa shape index (κ1) is 9.55. The summed E-state index contributed by atoms with van der Waals surface area (Å²) in [5.41, 5.74) is 1.44. The van der Waals surface area contributed by atoms with Crippen molar-refractivity contribution in [2.45, 2.75) is 23.9 Å². The second-order valence-electron chi connectivity index (χ2n) is 4.39. The molecule has 80 valence electrons. The summed E-state index contributed by atoms with van der Waals surface area (Å²) in [6, 6.07) is 10.1. The molecule has 15 heavy (non-hydrogen) atoms. The second-order valence-corrected chi connectivity index (χ2v) is 5.46. The highest BCUT2D eigenvalue weighted by atomic mass is 32.2. The van der Waals surface area contributed by atoms with Gasteiger partial charge in [0.05, 0.1) is 11.7 Å². The Morgan fingerprint density at radius 1 is 1.40 bits per heavy atom. The van der Waals surface area contributed by atoms with E-state index in [-0.39, 0.29) is 0 Å². The van der Waals surface area contributed by atoms with Crippen molar-refractivity contribution in [2.24, 2.45) is 0 Å². The molecule has 0 saturated carbocycles. The summed E-state index contributed by atoms with van der Waals surface area (Å²) in [6.45, 7) is 4.53. The molecule has 1 unspecified atom stereocenters. The Hall–Kier alpha value is -0.670. The van der Waals surface area contributed by atoms with Crippen molar-refractivity contribution >= 4 is 17.4 Å². The van der Waals surface area contributed by atoms with Crippen LogP contribution >= 0.6 is 11.8 Å². The molecule has 3 rings (SSSR count). The number of rotatable bonds is 0. The second kappa shape index (κ2) is 3.72. The lowest BCUT2D eigenvalue weighted by atomic mass is 10.1. The fourth-order valence-corrected chi connectivity index (χ4v) is 3.58. The summed E-state index contributed by atoms with van der Waals surface area (Å²) in [7, 11) is 0. The molecule has 0 spiro atoms. The van der Waals surface area contributed by atoms with E-state index in [1.807, 2.05) is 11.8 Å². The Labute approximate surface area is 95.0 Å². The molecule has 2 heterocycles. The van der Waals surface area contributed by atoms with Gasteiger partial charge in [-0.15, -0.1) is 11.8 Å². The van der Waals surface area contributed by atoms with Crippen molar-refractivity contribution in [3.63, 3.8) is 0 Å². The molecule has 0 aliphatic carbocycles. The molecule has 2 aliphatic rings. The van der Waals surface area contributed by atoms with Crippen molar-refractivity contribution in [1.29, 1.82) is 0 Å². The van der Waals surface area contributed by atoms with E-state index in [9.17, 15) is 0 Å². The van der Waals surface area contributed by atoms with Gasteiger partial charge in [0.25, 0.3) is 0 Å². The highest BCUT2D eigenvalue weighted by molar-refractivity contribution is 7.99. The molecular formula is C12H16N2S. The van der Waals surface area contributed by atoms with E-state index in [1.54, 1.807) is 0 Å². The third-order valence-electron chi connectivity index (χ3n) is 3.22. The van der Waals surface area contributed by atoms with E-state index >= 15 is 0 Å². The van der Waals surface area contributed by atoms with Crippen molar-refractivity contribution in [3.05, 3.63) is 24.3 Å². The minimum Gasteiger partial charge on any atom is -0.364 e. The van der Waals surface area contributed by atoms with E-state index in [0.717, 1.165) is 13.1 Å². The summed E-state index contributed by atoms with van der Waals surface area (Å²) >= 11 is 1.99. The van der Waals surface area contributed by atoms with Crippen molar-refractivity contribution in [3.8, 4) is 0 Å². The van der Waals surface area contributed by atoms with E-state index in [2.05, 4.69) is 41.4 Å². The highest BCUT2D eigenvalue weighted by Gasteiger charge is 2.30. The molecule has 2 aliphatic heterocycles. The quantitative estimate of drug-likeness (QED) is 0.719. The maximum atomic E-state index is 3.56. The number of para-hydroxylation sites is 1. The average Bonchev–Trinajstić information content (AvgIpc) is 2.29. The van der Waals surface area contributed by atoms with Crippen LogP contribution in [0.3, 0.4) is 0 Å². The zero-order valence-electron chi connectivity index (χ0n) is 8.94. The normalized spacial score (nSPS) is 29.5. The molecule has 2 nitrogen and oxygen atoms in total. The molecule has 1 aromatic rings. The van der Waals surface area contributed by atoms with E-state index in [0.29, 0.717) is 12.1 Å². The standard InChI is InChI=1S/C12H16N2S/c1-9-7-14-10(6-13-9)8-15-12-5-3-2-4-11(12)14/h2-5,9-10,13H,6-8H2,1H3/t9-,10?/m0/s1. The Balaban J connectivity index is 1.96. The van der Waals surface area contributed by atoms with Gasteiger partial charge in [0.15, 0.2) is 0 Å². The predicted octanol–water partition coefficient (Wildman–Crippen LogP) is 1.96. The fraction of sp³-hybridized carbons (Fsp3) is 0.500. The van der Waals surface area contributed by atoms with Gasteiger partial charge in [-0.1, -0.05) is 12.1 Å². The molecule has 1 fully saturated rings. The van der Waals surface area contributed by atoms with Crippen LogP contribution in [0.4, 0.5) is 5.69 Å². The van der Waals surface area contributed by atoms with E-state index in [1.165, 1.54) is 16.3 Å². The summed E-state index contributed by atoms with van der Waals surface area (Å²) in [4.78, 5) is 4.02. The molecule has 0 radical (unpaired) electrons. The van der Waals surface area contributed by atoms with Crippen LogP contribution in [0.5, 0.6) is 0 Å². The van der Waals surface area contributed by atoms with Crippen LogP contribution in [-0.2, 0) is 0 Å². The number of nitrogens with one attached hydrogen (secondary N) is 1. The number of hydrogen-bond donors (Lipinski definition) is 1. The zero-order chi connectivity index (χ0) is 10.3. The van der Waals surface area contributed by atoms with Crippen LogP contribution in [-0.4, -0.2) is 30.9 Å². The Kier molecular flexibility index (Phi) is 2.37. The Bertz CT molecular complexity index is 366. The van der Waals surface area contributed by atoms with Gasteiger partial charge in [-0.05, 0) is 19.1 Å². The zero-order valence-corrected chi connectivity index (χ0v) is 9.76. The molecule has 0 amide bonds. The first-order chi connectivity index (χ1) is 7.34. The van der Waals surface area contributed by atoms with Gasteiger partial charge >= 0.3 is 0 Å². The maximum absolute atomic E-state index is 3.56. The van der Waals surface area contributed by atoms with Gasteiger partial charge in [0.2, 0.25) is 0 Å². The molecule has 1 aromatic carbocycles. The summed E-state index contributed by atoms with van der Waals surface area (Å²) < 4.78 is 0. The highest BCUT2D eigenvalue weighted by Crippen LogP contribution is 2.37. The first-order valence-corrected chi connectivity index (χ1v) is 6.55. The van der Waals surface area contributed by atoms with Crippen LogP contribution in [0, 0.1) is 0 Å². The van der Waals surface area contributed by atoms with Crippen LogP contribution < -0.4 is 10.2 Å². The number of nitrogens with zero attached hydrogens (tertiary/aromatic N) is 1. The molecule has 1 saturated heterocycles. The summed E-state index contributed by atoms with van der Waals surface area (Å²) in [5, 5.41) is 3.56. The molecule has 3 heteroatoms. The van der Waals surface area contributed by atoms with Crippen LogP contribution in [0.1, 0.15) is 6.92 Å². The number of thioether (sulfide) groups is 1. The molecule has 0 aromatic heterocycles. The monoisotopic (exact) mass is 220 g/mol. The third kappa shape index (κ3) is 1.64. The number of piperazine rings is 1. The van der Waals surface area contributed by atoms with Gasteiger partial charge in [0, 0.05) is 29.8 Å². The minimum atomic E-state index is 0.609. The fourth-order valence-electron chi connectivity index (χ4n) is 2.40. The van der Waals surface area contributed by atoms with Gasteiger partial charge in [-0.3, -0.25) is 0 Å². The average molecular weight is 220 g/mol. The van der Waals surface area contributed by atoms with Crippen LogP contribution in [0.25, 0.3) is 0 Å². The third-order valence-corrected chi connectivity index (χ3v) is 4.43. The number of hydrogen-bond acceptors (Lipinski definition) is 3. The Morgan fingerprint density at radius 3 is 3.20 bits per heavy atom. The molecule has 0 bridgehead atoms. The summed E-state index contributed by atoms with van der Waals surface area (Å²) in [6.07, 6.45) is 0. The van der Waals surface area contributed by atoms with Crippen LogP contribution in [0.2, 0.25) is 0 Å². The smallest absolute Gasteiger partial charge is 0.0509 e. The van der Waals surface area contributed by atoms with E-state index < -0.39 is 0 Å².